The molecule has 2 N–H and O–H groups in total. The first-order chi connectivity index (χ1) is 6.86. The van der Waals surface area contributed by atoms with E-state index in [1.54, 1.807) is 0 Å². The van der Waals surface area contributed by atoms with Gasteiger partial charge in [-0.25, -0.2) is 0 Å². The topological polar surface area (TPSA) is 92.8 Å². The summed E-state index contributed by atoms with van der Waals surface area (Å²) in [7, 11) is 0. The van der Waals surface area contributed by atoms with Gasteiger partial charge in [0.1, 0.15) is 6.10 Å². The molecule has 1 saturated heterocycles. The van der Waals surface area contributed by atoms with Gasteiger partial charge in [0.05, 0.1) is 6.54 Å². The highest BCUT2D eigenvalue weighted by Crippen LogP contribution is 2.11. The zero-order chi connectivity index (χ0) is 9.80. The maximum Gasteiger partial charge on any atom is 0.249 e. The predicted molar refractivity (Wildman–Crippen MR) is 45.0 cm³/mol. The van der Waals surface area contributed by atoms with Gasteiger partial charge in [0, 0.05) is 6.61 Å². The fourth-order valence-corrected chi connectivity index (χ4v) is 1.32. The van der Waals surface area contributed by atoms with Crippen LogP contribution >= 0.6 is 0 Å². The van der Waals surface area contributed by atoms with Crippen molar-refractivity contribution in [1.82, 2.24) is 25.9 Å². The van der Waals surface area contributed by atoms with Gasteiger partial charge in [-0.1, -0.05) is 5.21 Å². The Kier molecular flexibility index (Phi) is 2.68. The van der Waals surface area contributed by atoms with Crippen LogP contribution in [0.5, 0.6) is 0 Å². The second-order valence-electron chi connectivity index (χ2n) is 3.05. The summed E-state index contributed by atoms with van der Waals surface area (Å²) < 4.78 is 5.21. The van der Waals surface area contributed by atoms with Gasteiger partial charge in [-0.15, -0.1) is 10.2 Å². The second kappa shape index (κ2) is 4.14. The minimum absolute atomic E-state index is 0.104. The van der Waals surface area contributed by atoms with Gasteiger partial charge in [-0.2, -0.15) is 5.21 Å². The summed E-state index contributed by atoms with van der Waals surface area (Å²) in [6.07, 6.45) is 1.43. The summed E-state index contributed by atoms with van der Waals surface area (Å²) in [5, 5.41) is 15.8. The van der Waals surface area contributed by atoms with Crippen LogP contribution in [0.2, 0.25) is 0 Å². The number of ether oxygens (including phenoxy) is 1. The standard InChI is InChI=1S/C7H11N5O2/c13-7(5-2-1-3-14-5)8-4-6-9-11-12-10-6/h5H,1-4H2,(H,8,13)(H,9,10,11,12). The highest BCUT2D eigenvalue weighted by molar-refractivity contribution is 5.80. The number of rotatable bonds is 3. The van der Waals surface area contributed by atoms with Crippen LogP contribution in [-0.2, 0) is 16.1 Å². The molecule has 0 radical (unpaired) electrons. The average molecular weight is 197 g/mol. The third kappa shape index (κ3) is 2.05. The van der Waals surface area contributed by atoms with Crippen LogP contribution in [0.15, 0.2) is 0 Å². The molecule has 0 aromatic carbocycles. The molecular weight excluding hydrogens is 186 g/mol. The number of carbonyl (C=O) groups is 1. The number of nitrogens with one attached hydrogen (secondary N) is 2. The fraction of sp³-hybridized carbons (Fsp3) is 0.714. The molecule has 0 spiro atoms. The van der Waals surface area contributed by atoms with Gasteiger partial charge in [-0.05, 0) is 12.8 Å². The Balaban J connectivity index is 1.77. The molecule has 1 aromatic rings. The highest BCUT2D eigenvalue weighted by atomic mass is 16.5. The summed E-state index contributed by atoms with van der Waals surface area (Å²) >= 11 is 0. The summed E-state index contributed by atoms with van der Waals surface area (Å²) in [6, 6.07) is 0. The molecule has 1 aliphatic heterocycles. The Morgan fingerprint density at radius 2 is 2.64 bits per heavy atom. The molecule has 14 heavy (non-hydrogen) atoms. The minimum atomic E-state index is -0.304. The lowest BCUT2D eigenvalue weighted by Crippen LogP contribution is -2.33. The molecule has 1 aliphatic rings. The quantitative estimate of drug-likeness (QED) is 0.648. The molecule has 76 valence electrons. The van der Waals surface area contributed by atoms with Gasteiger partial charge in [-0.3, -0.25) is 4.79 Å². The van der Waals surface area contributed by atoms with E-state index in [4.69, 9.17) is 4.74 Å². The number of aromatic amines is 1. The van der Waals surface area contributed by atoms with Gasteiger partial charge in [0.2, 0.25) is 5.91 Å². The monoisotopic (exact) mass is 197 g/mol. The van der Waals surface area contributed by atoms with Gasteiger partial charge in [0.25, 0.3) is 0 Å². The SMILES string of the molecule is O=C(NCc1nn[nH]n1)C1CCCO1. The van der Waals surface area contributed by atoms with Crippen molar-refractivity contribution >= 4 is 5.91 Å². The summed E-state index contributed by atoms with van der Waals surface area (Å²) in [4.78, 5) is 11.4. The van der Waals surface area contributed by atoms with E-state index in [-0.39, 0.29) is 18.6 Å². The van der Waals surface area contributed by atoms with E-state index in [1.807, 2.05) is 0 Å². The van der Waals surface area contributed by atoms with E-state index in [1.165, 1.54) is 0 Å². The number of amides is 1. The third-order valence-corrected chi connectivity index (χ3v) is 2.03. The van der Waals surface area contributed by atoms with E-state index in [9.17, 15) is 4.79 Å². The molecule has 1 atom stereocenters. The average Bonchev–Trinajstić information content (AvgIpc) is 2.87. The maximum absolute atomic E-state index is 11.4. The van der Waals surface area contributed by atoms with Crippen LogP contribution in [0.4, 0.5) is 0 Å². The first kappa shape index (κ1) is 9.07. The molecule has 2 rings (SSSR count). The fourth-order valence-electron chi connectivity index (χ4n) is 1.32. The maximum atomic E-state index is 11.4. The van der Waals surface area contributed by atoms with Crippen LogP contribution in [0.1, 0.15) is 18.7 Å². The normalized spacial score (nSPS) is 21.0. The number of carbonyl (C=O) groups excluding carboxylic acids is 1. The Bertz CT molecular complexity index is 293. The molecule has 2 heterocycles. The first-order valence-corrected chi connectivity index (χ1v) is 4.48. The van der Waals surface area contributed by atoms with Crippen molar-refractivity contribution < 1.29 is 9.53 Å². The molecule has 1 amide bonds. The molecule has 0 aliphatic carbocycles. The van der Waals surface area contributed by atoms with Crippen molar-refractivity contribution in [2.75, 3.05) is 6.61 Å². The van der Waals surface area contributed by atoms with Crippen LogP contribution in [0.25, 0.3) is 0 Å². The molecule has 1 fully saturated rings. The summed E-state index contributed by atoms with van der Waals surface area (Å²) in [5.74, 6) is 0.364. The van der Waals surface area contributed by atoms with Gasteiger partial charge >= 0.3 is 0 Å². The van der Waals surface area contributed by atoms with Crippen LogP contribution in [0.3, 0.4) is 0 Å². The van der Waals surface area contributed by atoms with E-state index in [0.717, 1.165) is 12.8 Å². The number of hydrogen-bond acceptors (Lipinski definition) is 5. The Labute approximate surface area is 80.2 Å². The minimum Gasteiger partial charge on any atom is -0.368 e. The first-order valence-electron chi connectivity index (χ1n) is 4.48. The molecule has 0 bridgehead atoms. The second-order valence-corrected chi connectivity index (χ2v) is 3.05. The largest absolute Gasteiger partial charge is 0.368 e. The number of H-pyrrole nitrogens is 1. The van der Waals surface area contributed by atoms with Crippen molar-refractivity contribution in [3.63, 3.8) is 0 Å². The molecule has 1 aromatic heterocycles. The molecule has 0 saturated carbocycles. The van der Waals surface area contributed by atoms with E-state index < -0.39 is 0 Å². The zero-order valence-corrected chi connectivity index (χ0v) is 7.56. The Hall–Kier alpha value is -1.50. The third-order valence-electron chi connectivity index (χ3n) is 2.03. The van der Waals surface area contributed by atoms with Gasteiger partial charge in [0.15, 0.2) is 5.82 Å². The van der Waals surface area contributed by atoms with Crippen molar-refractivity contribution in [3.8, 4) is 0 Å². The predicted octanol–water partition coefficient (Wildman–Crippen LogP) is -1.01. The number of nitrogens with zero attached hydrogens (tertiary/aromatic N) is 3. The Morgan fingerprint density at radius 1 is 1.71 bits per heavy atom. The lowest BCUT2D eigenvalue weighted by molar-refractivity contribution is -0.130. The number of tetrazole rings is 1. The van der Waals surface area contributed by atoms with Crippen LogP contribution in [-0.4, -0.2) is 39.2 Å². The van der Waals surface area contributed by atoms with Crippen molar-refractivity contribution in [2.24, 2.45) is 0 Å². The smallest absolute Gasteiger partial charge is 0.249 e. The van der Waals surface area contributed by atoms with Crippen molar-refractivity contribution in [2.45, 2.75) is 25.5 Å². The molecular formula is C7H11N5O2. The number of aromatic nitrogens is 4. The van der Waals surface area contributed by atoms with E-state index in [0.29, 0.717) is 12.4 Å². The van der Waals surface area contributed by atoms with Crippen molar-refractivity contribution in [1.29, 1.82) is 0 Å². The molecule has 7 nitrogen and oxygen atoms in total. The van der Waals surface area contributed by atoms with Crippen molar-refractivity contribution in [3.05, 3.63) is 5.82 Å². The summed E-state index contributed by atoms with van der Waals surface area (Å²) in [6.45, 7) is 0.954. The lowest BCUT2D eigenvalue weighted by Gasteiger charge is -2.08. The summed E-state index contributed by atoms with van der Waals surface area (Å²) in [5.41, 5.74) is 0. The van der Waals surface area contributed by atoms with Gasteiger partial charge < -0.3 is 10.1 Å². The zero-order valence-electron chi connectivity index (χ0n) is 7.56. The van der Waals surface area contributed by atoms with E-state index >= 15 is 0 Å². The van der Waals surface area contributed by atoms with Crippen LogP contribution < -0.4 is 5.32 Å². The number of hydrogen-bond donors (Lipinski definition) is 2. The molecule has 1 unspecified atom stereocenters. The lowest BCUT2D eigenvalue weighted by atomic mass is 10.2. The Morgan fingerprint density at radius 3 is 3.29 bits per heavy atom. The van der Waals surface area contributed by atoms with E-state index in [2.05, 4.69) is 25.9 Å². The highest BCUT2D eigenvalue weighted by Gasteiger charge is 2.23. The van der Waals surface area contributed by atoms with Crippen LogP contribution in [0, 0.1) is 0 Å². The molecule has 7 heteroatoms.